The monoisotopic (exact) mass is 393 g/mol. The van der Waals surface area contributed by atoms with Gasteiger partial charge >= 0.3 is 5.23 Å². The third-order valence-electron chi connectivity index (χ3n) is 4.71. The van der Waals surface area contributed by atoms with Crippen LogP contribution >= 0.6 is 0 Å². The molecule has 1 heterocycles. The van der Waals surface area contributed by atoms with Gasteiger partial charge in [0.25, 0.3) is 9.84 Å². The van der Waals surface area contributed by atoms with Crippen LogP contribution in [-0.4, -0.2) is 18.8 Å². The van der Waals surface area contributed by atoms with E-state index in [4.69, 9.17) is 4.74 Å². The number of rotatable bonds is 12. The van der Waals surface area contributed by atoms with E-state index in [-0.39, 0.29) is 11.5 Å². The number of aliphatic imine (C=N–C) groups is 1. The zero-order valence-electron chi connectivity index (χ0n) is 16.2. The number of hydrogen-bond donors (Lipinski definition) is 1. The third kappa shape index (κ3) is 6.69. The molecule has 0 saturated carbocycles. The molecule has 1 aliphatic heterocycles. The van der Waals surface area contributed by atoms with E-state index in [1.165, 1.54) is 38.5 Å². The fourth-order valence-electron chi connectivity index (χ4n) is 3.11. The van der Waals surface area contributed by atoms with E-state index >= 15 is 0 Å². The highest BCUT2D eigenvalue weighted by Crippen LogP contribution is 2.28. The molecule has 1 aliphatic rings. The predicted octanol–water partition coefficient (Wildman–Crippen LogP) is 5.64. The zero-order chi connectivity index (χ0) is 19.5. The molecule has 1 N–H and O–H groups in total. The van der Waals surface area contributed by atoms with Crippen LogP contribution in [-0.2, 0) is 21.2 Å². The lowest BCUT2D eigenvalue weighted by Crippen LogP contribution is -2.16. The van der Waals surface area contributed by atoms with Crippen LogP contribution in [0.5, 0.6) is 0 Å². The summed E-state index contributed by atoms with van der Waals surface area (Å²) in [5.74, 6) is -0.419. The molecule has 0 radical (unpaired) electrons. The quantitative estimate of drug-likeness (QED) is 0.467. The van der Waals surface area contributed by atoms with Crippen LogP contribution in [0.4, 0.5) is 0 Å². The fourth-order valence-corrected chi connectivity index (χ4v) is 4.44. The van der Waals surface area contributed by atoms with Crippen molar-refractivity contribution in [1.82, 2.24) is 0 Å². The summed E-state index contributed by atoms with van der Waals surface area (Å²) < 4.78 is 30.4. The Labute approximate surface area is 163 Å². The summed E-state index contributed by atoms with van der Waals surface area (Å²) in [6.45, 7) is 2.32. The summed E-state index contributed by atoms with van der Waals surface area (Å²) in [4.78, 5) is 3.73. The van der Waals surface area contributed by atoms with Gasteiger partial charge < -0.3 is 9.84 Å². The van der Waals surface area contributed by atoms with Crippen molar-refractivity contribution in [1.29, 1.82) is 0 Å². The normalized spacial score (nSPS) is 15.8. The first-order valence-electron chi connectivity index (χ1n) is 9.98. The molecule has 0 fully saturated rings. The maximum Gasteiger partial charge on any atom is 0.318 e. The van der Waals surface area contributed by atoms with Crippen LogP contribution in [0.1, 0.15) is 76.7 Å². The Morgan fingerprint density at radius 2 is 1.52 bits per heavy atom. The molecule has 6 heteroatoms. The maximum absolute atomic E-state index is 12.5. The van der Waals surface area contributed by atoms with Gasteiger partial charge in [0.1, 0.15) is 11.5 Å². The zero-order valence-corrected chi connectivity index (χ0v) is 17.0. The molecular weight excluding hydrogens is 362 g/mol. The highest BCUT2D eigenvalue weighted by atomic mass is 32.2. The standard InChI is InChI=1S/C21H31NO4S/c1-2-3-4-5-6-7-8-9-13-16-19-20(23)22-21(27(19,24)25)26-17-18-14-11-10-12-15-18/h10-12,14-15,23H,2-9,13,16-17H2,1H3. The van der Waals surface area contributed by atoms with Crippen LogP contribution in [0, 0.1) is 0 Å². The van der Waals surface area contributed by atoms with Gasteiger partial charge in [-0.1, -0.05) is 88.6 Å². The minimum atomic E-state index is -3.80. The lowest BCUT2D eigenvalue weighted by Gasteiger charge is -2.07. The van der Waals surface area contributed by atoms with Gasteiger partial charge in [0.2, 0.25) is 5.88 Å². The summed E-state index contributed by atoms with van der Waals surface area (Å²) in [5, 5.41) is 9.55. The minimum Gasteiger partial charge on any atom is -0.492 e. The summed E-state index contributed by atoms with van der Waals surface area (Å²) in [7, 11) is -3.80. The highest BCUT2D eigenvalue weighted by molar-refractivity contribution is 8.09. The molecule has 1 aromatic rings. The number of aliphatic hydroxyl groups is 1. The van der Waals surface area contributed by atoms with Gasteiger partial charge in [0, 0.05) is 0 Å². The Hall–Kier alpha value is -1.82. The van der Waals surface area contributed by atoms with Gasteiger partial charge in [-0.3, -0.25) is 0 Å². The SMILES string of the molecule is CCCCCCCCCCCC1=C(O)N=C(OCc2ccccc2)S1(=O)=O. The average Bonchev–Trinajstić information content (AvgIpc) is 2.88. The number of benzene rings is 1. The molecule has 0 saturated heterocycles. The topological polar surface area (TPSA) is 76.0 Å². The molecule has 0 spiro atoms. The van der Waals surface area contributed by atoms with Crippen LogP contribution in [0.25, 0.3) is 0 Å². The van der Waals surface area contributed by atoms with E-state index < -0.39 is 21.0 Å². The summed E-state index contributed by atoms with van der Waals surface area (Å²) in [6.07, 6.45) is 10.7. The largest absolute Gasteiger partial charge is 0.492 e. The number of sulfone groups is 1. The Morgan fingerprint density at radius 1 is 0.926 bits per heavy atom. The molecule has 150 valence electrons. The number of allylic oxidation sites excluding steroid dienone is 1. The molecule has 0 aromatic heterocycles. The van der Waals surface area contributed by atoms with E-state index in [0.717, 1.165) is 24.8 Å². The predicted molar refractivity (Wildman–Crippen MR) is 109 cm³/mol. The van der Waals surface area contributed by atoms with Crippen molar-refractivity contribution in [3.63, 3.8) is 0 Å². The molecule has 0 amide bonds. The second-order valence-corrected chi connectivity index (χ2v) is 8.83. The van der Waals surface area contributed by atoms with Crippen LogP contribution in [0.3, 0.4) is 0 Å². The molecule has 1 aromatic carbocycles. The van der Waals surface area contributed by atoms with Crippen molar-refractivity contribution in [2.24, 2.45) is 4.99 Å². The summed E-state index contributed by atoms with van der Waals surface area (Å²) in [6, 6.07) is 9.28. The first-order valence-corrected chi connectivity index (χ1v) is 11.5. The van der Waals surface area contributed by atoms with Crippen molar-refractivity contribution in [2.45, 2.75) is 77.7 Å². The van der Waals surface area contributed by atoms with Crippen LogP contribution < -0.4 is 0 Å². The molecule has 2 rings (SSSR count). The molecular formula is C21H31NO4S. The van der Waals surface area contributed by atoms with Crippen molar-refractivity contribution in [2.75, 3.05) is 0 Å². The van der Waals surface area contributed by atoms with Gasteiger partial charge in [-0.15, -0.1) is 0 Å². The van der Waals surface area contributed by atoms with Crippen LogP contribution in [0.2, 0.25) is 0 Å². The van der Waals surface area contributed by atoms with E-state index in [2.05, 4.69) is 11.9 Å². The van der Waals surface area contributed by atoms with Crippen molar-refractivity contribution in [3.8, 4) is 0 Å². The first kappa shape index (κ1) is 21.5. The van der Waals surface area contributed by atoms with Gasteiger partial charge in [0.15, 0.2) is 0 Å². The van der Waals surface area contributed by atoms with E-state index in [1.54, 1.807) is 0 Å². The minimum absolute atomic E-state index is 0.00601. The molecule has 0 unspecified atom stereocenters. The molecule has 0 aliphatic carbocycles. The van der Waals surface area contributed by atoms with E-state index in [1.807, 2.05) is 30.3 Å². The smallest absolute Gasteiger partial charge is 0.318 e. The number of hydrogen-bond acceptors (Lipinski definition) is 5. The van der Waals surface area contributed by atoms with E-state index in [9.17, 15) is 13.5 Å². The second kappa shape index (κ2) is 11.1. The summed E-state index contributed by atoms with van der Waals surface area (Å²) >= 11 is 0. The number of nitrogens with zero attached hydrogens (tertiary/aromatic N) is 1. The van der Waals surface area contributed by atoms with E-state index in [0.29, 0.717) is 6.42 Å². The lowest BCUT2D eigenvalue weighted by atomic mass is 10.1. The number of ether oxygens (including phenoxy) is 1. The van der Waals surface area contributed by atoms with Gasteiger partial charge in [0.05, 0.1) is 0 Å². The second-order valence-electron chi connectivity index (χ2n) is 6.98. The third-order valence-corrected chi connectivity index (χ3v) is 6.42. The fraction of sp³-hybridized carbons (Fsp3) is 0.571. The Balaban J connectivity index is 1.71. The number of aliphatic hydroxyl groups excluding tert-OH is 1. The van der Waals surface area contributed by atoms with Gasteiger partial charge in [-0.05, 0) is 18.4 Å². The number of unbranched alkanes of at least 4 members (excludes halogenated alkanes) is 8. The first-order chi connectivity index (χ1) is 13.1. The van der Waals surface area contributed by atoms with Gasteiger partial charge in [-0.2, -0.15) is 4.99 Å². The lowest BCUT2D eigenvalue weighted by molar-refractivity contribution is 0.297. The average molecular weight is 394 g/mol. The van der Waals surface area contributed by atoms with Gasteiger partial charge in [-0.25, -0.2) is 8.42 Å². The van der Waals surface area contributed by atoms with Crippen molar-refractivity contribution in [3.05, 3.63) is 46.7 Å². The van der Waals surface area contributed by atoms with Crippen molar-refractivity contribution >= 4 is 15.1 Å². The Bertz CT molecular complexity index is 739. The Morgan fingerprint density at radius 3 is 2.15 bits per heavy atom. The molecule has 0 atom stereocenters. The van der Waals surface area contributed by atoms with Crippen LogP contribution in [0.15, 0.2) is 46.1 Å². The molecule has 0 bridgehead atoms. The highest BCUT2D eigenvalue weighted by Gasteiger charge is 2.36. The maximum atomic E-state index is 12.5. The Kier molecular flexibility index (Phi) is 8.85. The molecule has 5 nitrogen and oxygen atoms in total. The molecule has 27 heavy (non-hydrogen) atoms. The summed E-state index contributed by atoms with van der Waals surface area (Å²) in [5.41, 5.74) is 0.849. The van der Waals surface area contributed by atoms with Crippen molar-refractivity contribution < 1.29 is 18.3 Å².